The zero-order chi connectivity index (χ0) is 17.0. The minimum absolute atomic E-state index is 0.119. The van der Waals surface area contributed by atoms with Crippen LogP contribution in [0, 0.1) is 0 Å². The zero-order valence-corrected chi connectivity index (χ0v) is 14.0. The molecule has 0 aliphatic heterocycles. The van der Waals surface area contributed by atoms with E-state index in [4.69, 9.17) is 0 Å². The van der Waals surface area contributed by atoms with Crippen LogP contribution >= 0.6 is 11.3 Å². The number of thiophene rings is 1. The molecule has 0 bridgehead atoms. The largest absolute Gasteiger partial charge is 0.384 e. The lowest BCUT2D eigenvalue weighted by Crippen LogP contribution is -2.40. The molecule has 3 rings (SSSR count). The van der Waals surface area contributed by atoms with Crippen LogP contribution in [0.1, 0.15) is 12.5 Å². The second kappa shape index (κ2) is 6.86. The number of aromatic nitrogens is 2. The highest BCUT2D eigenvalue weighted by molar-refractivity contribution is 7.08. The predicted molar refractivity (Wildman–Crippen MR) is 94.5 cm³/mol. The van der Waals surface area contributed by atoms with Gasteiger partial charge in [0, 0.05) is 18.1 Å². The standard InChI is InChI=1S/C17H18N4O2S/c1-17(23,13-6-9-24-11-13)12-18-16(22)20-14-4-2-5-15(10-14)21-8-3-7-19-21/h2-11,23H,12H2,1H3,(H2,18,20,22)/t17-/m1/s1. The first-order valence-corrected chi connectivity index (χ1v) is 8.39. The molecule has 0 aliphatic carbocycles. The van der Waals surface area contributed by atoms with Crippen molar-refractivity contribution in [1.82, 2.24) is 15.1 Å². The van der Waals surface area contributed by atoms with E-state index in [1.165, 1.54) is 11.3 Å². The van der Waals surface area contributed by atoms with E-state index in [2.05, 4.69) is 15.7 Å². The van der Waals surface area contributed by atoms with Gasteiger partial charge in [0.25, 0.3) is 0 Å². The van der Waals surface area contributed by atoms with Crippen LogP contribution in [0.15, 0.2) is 59.6 Å². The van der Waals surface area contributed by atoms with Crippen molar-refractivity contribution in [1.29, 1.82) is 0 Å². The fourth-order valence-electron chi connectivity index (χ4n) is 2.25. The van der Waals surface area contributed by atoms with E-state index in [1.807, 2.05) is 47.3 Å². The van der Waals surface area contributed by atoms with Gasteiger partial charge in [-0.15, -0.1) is 0 Å². The molecule has 0 aliphatic rings. The van der Waals surface area contributed by atoms with Crippen LogP contribution < -0.4 is 10.6 Å². The Labute approximate surface area is 143 Å². The van der Waals surface area contributed by atoms with Gasteiger partial charge in [-0.05, 0) is 53.6 Å². The lowest BCUT2D eigenvalue weighted by atomic mass is 9.99. The van der Waals surface area contributed by atoms with Gasteiger partial charge in [-0.1, -0.05) is 6.07 Å². The summed E-state index contributed by atoms with van der Waals surface area (Å²) >= 11 is 1.51. The van der Waals surface area contributed by atoms with Gasteiger partial charge in [0.15, 0.2) is 0 Å². The maximum Gasteiger partial charge on any atom is 0.319 e. The van der Waals surface area contributed by atoms with E-state index in [1.54, 1.807) is 23.9 Å². The quantitative estimate of drug-likeness (QED) is 0.667. The van der Waals surface area contributed by atoms with E-state index in [-0.39, 0.29) is 12.6 Å². The van der Waals surface area contributed by atoms with Crippen LogP contribution in [-0.2, 0) is 5.60 Å². The van der Waals surface area contributed by atoms with Gasteiger partial charge in [-0.3, -0.25) is 0 Å². The van der Waals surface area contributed by atoms with E-state index in [0.717, 1.165) is 11.3 Å². The molecule has 2 heterocycles. The molecule has 3 N–H and O–H groups in total. The van der Waals surface area contributed by atoms with Crippen LogP contribution in [-0.4, -0.2) is 27.5 Å². The molecule has 1 atom stereocenters. The fourth-order valence-corrected chi connectivity index (χ4v) is 3.03. The van der Waals surface area contributed by atoms with E-state index < -0.39 is 5.60 Å². The maximum atomic E-state index is 12.1. The highest BCUT2D eigenvalue weighted by Gasteiger charge is 2.24. The minimum Gasteiger partial charge on any atom is -0.384 e. The summed E-state index contributed by atoms with van der Waals surface area (Å²) < 4.78 is 1.71. The first kappa shape index (κ1) is 16.2. The van der Waals surface area contributed by atoms with Crippen LogP contribution in [0.5, 0.6) is 0 Å². The lowest BCUT2D eigenvalue weighted by Gasteiger charge is -2.22. The molecule has 0 radical (unpaired) electrons. The Kier molecular flexibility index (Phi) is 4.64. The molecule has 0 saturated carbocycles. The summed E-state index contributed by atoms with van der Waals surface area (Å²) in [6, 6.07) is 10.7. The summed E-state index contributed by atoms with van der Waals surface area (Å²) in [5.74, 6) is 0. The van der Waals surface area contributed by atoms with E-state index >= 15 is 0 Å². The molecule has 7 heteroatoms. The number of nitrogens with one attached hydrogen (secondary N) is 2. The Morgan fingerprint density at radius 3 is 2.96 bits per heavy atom. The Balaban J connectivity index is 1.60. The molecule has 124 valence electrons. The SMILES string of the molecule is C[C@@](O)(CNC(=O)Nc1cccc(-n2cccn2)c1)c1ccsc1. The first-order chi connectivity index (χ1) is 11.5. The number of carbonyl (C=O) groups excluding carboxylic acids is 1. The fraction of sp³-hybridized carbons (Fsp3) is 0.176. The van der Waals surface area contributed by atoms with Gasteiger partial charge in [0.2, 0.25) is 0 Å². The molecule has 0 saturated heterocycles. The summed E-state index contributed by atoms with van der Waals surface area (Å²) in [7, 11) is 0. The lowest BCUT2D eigenvalue weighted by molar-refractivity contribution is 0.0604. The van der Waals surface area contributed by atoms with Crippen molar-refractivity contribution in [3.8, 4) is 5.69 Å². The third-order valence-electron chi connectivity index (χ3n) is 3.61. The Hall–Kier alpha value is -2.64. The molecule has 2 amide bonds. The summed E-state index contributed by atoms with van der Waals surface area (Å²) in [4.78, 5) is 12.1. The topological polar surface area (TPSA) is 79.2 Å². The number of nitrogens with zero attached hydrogens (tertiary/aromatic N) is 2. The van der Waals surface area contributed by atoms with Gasteiger partial charge in [-0.2, -0.15) is 16.4 Å². The highest BCUT2D eigenvalue weighted by atomic mass is 32.1. The summed E-state index contributed by atoms with van der Waals surface area (Å²) in [5.41, 5.74) is 1.18. The van der Waals surface area contributed by atoms with Crippen molar-refractivity contribution < 1.29 is 9.90 Å². The maximum absolute atomic E-state index is 12.1. The minimum atomic E-state index is -1.10. The monoisotopic (exact) mass is 342 g/mol. The number of hydrogen-bond acceptors (Lipinski definition) is 4. The average molecular weight is 342 g/mol. The van der Waals surface area contributed by atoms with Gasteiger partial charge < -0.3 is 15.7 Å². The number of amides is 2. The Morgan fingerprint density at radius 2 is 2.25 bits per heavy atom. The van der Waals surface area contributed by atoms with Gasteiger partial charge in [0.1, 0.15) is 5.60 Å². The summed E-state index contributed by atoms with van der Waals surface area (Å²) in [5, 5.41) is 23.8. The smallest absolute Gasteiger partial charge is 0.319 e. The average Bonchev–Trinajstić information content (AvgIpc) is 3.26. The van der Waals surface area contributed by atoms with Crippen LogP contribution in [0.4, 0.5) is 10.5 Å². The highest BCUT2D eigenvalue weighted by Crippen LogP contribution is 2.22. The second-order valence-corrected chi connectivity index (χ2v) is 6.37. The molecular formula is C17H18N4O2S. The summed E-state index contributed by atoms with van der Waals surface area (Å²) in [6.07, 6.45) is 3.52. The van der Waals surface area contributed by atoms with Crippen molar-refractivity contribution in [2.75, 3.05) is 11.9 Å². The molecule has 0 spiro atoms. The normalized spacial score (nSPS) is 13.2. The number of benzene rings is 1. The number of carbonyl (C=O) groups is 1. The van der Waals surface area contributed by atoms with Crippen LogP contribution in [0.2, 0.25) is 0 Å². The van der Waals surface area contributed by atoms with Crippen molar-refractivity contribution in [3.05, 3.63) is 65.1 Å². The van der Waals surface area contributed by atoms with Gasteiger partial charge in [-0.25, -0.2) is 9.48 Å². The van der Waals surface area contributed by atoms with Gasteiger partial charge in [0.05, 0.1) is 12.2 Å². The summed E-state index contributed by atoms with van der Waals surface area (Å²) in [6.45, 7) is 1.79. The van der Waals surface area contributed by atoms with Crippen molar-refractivity contribution in [3.63, 3.8) is 0 Å². The number of urea groups is 1. The van der Waals surface area contributed by atoms with Gasteiger partial charge >= 0.3 is 6.03 Å². The third-order valence-corrected chi connectivity index (χ3v) is 4.29. The van der Waals surface area contributed by atoms with Crippen molar-refractivity contribution in [2.24, 2.45) is 0 Å². The Morgan fingerprint density at radius 1 is 1.38 bits per heavy atom. The molecule has 1 aromatic carbocycles. The molecule has 0 fully saturated rings. The van der Waals surface area contributed by atoms with E-state index in [9.17, 15) is 9.90 Å². The number of hydrogen-bond donors (Lipinski definition) is 3. The second-order valence-electron chi connectivity index (χ2n) is 5.59. The molecule has 6 nitrogen and oxygen atoms in total. The Bertz CT molecular complexity index is 798. The van der Waals surface area contributed by atoms with Crippen LogP contribution in [0.25, 0.3) is 5.69 Å². The third kappa shape index (κ3) is 3.81. The number of anilines is 1. The zero-order valence-electron chi connectivity index (χ0n) is 13.1. The number of aliphatic hydroxyl groups is 1. The molecule has 24 heavy (non-hydrogen) atoms. The molecular weight excluding hydrogens is 324 g/mol. The van der Waals surface area contributed by atoms with E-state index in [0.29, 0.717) is 5.69 Å². The number of rotatable bonds is 5. The van der Waals surface area contributed by atoms with Crippen molar-refractivity contribution in [2.45, 2.75) is 12.5 Å². The van der Waals surface area contributed by atoms with Crippen molar-refractivity contribution >= 4 is 23.1 Å². The molecule has 0 unspecified atom stereocenters. The molecule has 2 aromatic heterocycles. The first-order valence-electron chi connectivity index (χ1n) is 7.44. The van der Waals surface area contributed by atoms with Crippen LogP contribution in [0.3, 0.4) is 0 Å². The predicted octanol–water partition coefficient (Wildman–Crippen LogP) is 2.96. The molecule has 3 aromatic rings.